The van der Waals surface area contributed by atoms with Crippen LogP contribution in [0.15, 0.2) is 30.6 Å². The van der Waals surface area contributed by atoms with Crippen molar-refractivity contribution in [3.05, 3.63) is 36.2 Å². The fraction of sp³-hybridized carbons (Fsp3) is 0.438. The molecule has 1 heterocycles. The number of hydrogen-bond acceptors (Lipinski definition) is 3. The average molecular weight is 350 g/mol. The van der Waals surface area contributed by atoms with Gasteiger partial charge in [-0.3, -0.25) is 14.8 Å². The summed E-state index contributed by atoms with van der Waals surface area (Å²) in [6.07, 6.45) is 5.18. The average Bonchev–Trinajstić information content (AvgIpc) is 2.54. The van der Waals surface area contributed by atoms with Crippen molar-refractivity contribution >= 4 is 32.9 Å². The van der Waals surface area contributed by atoms with Crippen LogP contribution in [-0.2, 0) is 0 Å². The fourth-order valence-electron chi connectivity index (χ4n) is 2.59. The maximum Gasteiger partial charge on any atom is 0.256 e. The van der Waals surface area contributed by atoms with Gasteiger partial charge in [-0.05, 0) is 25.0 Å². The van der Waals surface area contributed by atoms with E-state index in [0.717, 1.165) is 23.7 Å². The van der Waals surface area contributed by atoms with Crippen LogP contribution in [0.25, 0.3) is 11.0 Å². The maximum atomic E-state index is 12.9. The number of hydrogen-bond donors (Lipinski definition) is 0. The standard InChI is InChI=1S/C16H20BrN3O/c1-3-12(4-2)20(11-8-17)16(21)13-6-5-7-14-15(13)19-10-9-18-14/h5-7,9-10,12H,3-4,8,11H2,1-2H3. The molecule has 0 fully saturated rings. The molecular weight excluding hydrogens is 330 g/mol. The highest BCUT2D eigenvalue weighted by Gasteiger charge is 2.23. The number of carbonyl (C=O) groups is 1. The van der Waals surface area contributed by atoms with Gasteiger partial charge in [-0.1, -0.05) is 35.8 Å². The summed E-state index contributed by atoms with van der Waals surface area (Å²) in [6, 6.07) is 5.83. The van der Waals surface area contributed by atoms with Crippen molar-refractivity contribution in [2.75, 3.05) is 11.9 Å². The predicted molar refractivity (Wildman–Crippen MR) is 88.7 cm³/mol. The third-order valence-electron chi connectivity index (χ3n) is 3.70. The molecule has 0 aliphatic rings. The van der Waals surface area contributed by atoms with Crippen LogP contribution in [0.1, 0.15) is 37.0 Å². The molecule has 0 radical (unpaired) electrons. The second kappa shape index (κ2) is 7.50. The van der Waals surface area contributed by atoms with Crippen LogP contribution in [-0.4, -0.2) is 38.7 Å². The molecule has 0 N–H and O–H groups in total. The molecule has 0 bridgehead atoms. The second-order valence-electron chi connectivity index (χ2n) is 4.89. The molecule has 5 heteroatoms. The summed E-state index contributed by atoms with van der Waals surface area (Å²) < 4.78 is 0. The number of carbonyl (C=O) groups excluding carboxylic acids is 1. The third kappa shape index (κ3) is 3.40. The van der Waals surface area contributed by atoms with E-state index in [1.165, 1.54) is 0 Å². The summed E-state index contributed by atoms with van der Waals surface area (Å²) in [5, 5.41) is 0.770. The molecule has 1 aromatic heterocycles. The van der Waals surface area contributed by atoms with Crippen molar-refractivity contribution in [3.8, 4) is 0 Å². The number of benzene rings is 1. The van der Waals surface area contributed by atoms with E-state index < -0.39 is 0 Å². The Morgan fingerprint density at radius 3 is 2.62 bits per heavy atom. The van der Waals surface area contributed by atoms with Gasteiger partial charge in [0, 0.05) is 30.3 Å². The second-order valence-corrected chi connectivity index (χ2v) is 5.68. The largest absolute Gasteiger partial charge is 0.335 e. The molecule has 0 saturated heterocycles. The zero-order chi connectivity index (χ0) is 15.2. The first-order valence-corrected chi connectivity index (χ1v) is 8.41. The summed E-state index contributed by atoms with van der Waals surface area (Å²) in [6.45, 7) is 4.93. The molecule has 0 aliphatic carbocycles. The molecule has 2 rings (SSSR count). The normalized spacial score (nSPS) is 11.0. The number of nitrogens with zero attached hydrogens (tertiary/aromatic N) is 3. The maximum absolute atomic E-state index is 12.9. The summed E-state index contributed by atoms with van der Waals surface area (Å²) >= 11 is 3.45. The Balaban J connectivity index is 2.43. The zero-order valence-electron chi connectivity index (χ0n) is 12.4. The summed E-state index contributed by atoms with van der Waals surface area (Å²) in [5.41, 5.74) is 2.07. The van der Waals surface area contributed by atoms with Crippen LogP contribution in [0.2, 0.25) is 0 Å². The third-order valence-corrected chi connectivity index (χ3v) is 4.05. The molecular formula is C16H20BrN3O. The van der Waals surface area contributed by atoms with E-state index in [1.54, 1.807) is 12.4 Å². The number of rotatable bonds is 6. The summed E-state index contributed by atoms with van der Waals surface area (Å²) in [4.78, 5) is 23.5. The van der Waals surface area contributed by atoms with Crippen LogP contribution >= 0.6 is 15.9 Å². The topological polar surface area (TPSA) is 46.1 Å². The lowest BCUT2D eigenvalue weighted by atomic mass is 10.1. The number of fused-ring (bicyclic) bond motifs is 1. The SMILES string of the molecule is CCC(CC)N(CCBr)C(=O)c1cccc2nccnc12. The van der Waals surface area contributed by atoms with Crippen LogP contribution < -0.4 is 0 Å². The van der Waals surface area contributed by atoms with Crippen LogP contribution in [0, 0.1) is 0 Å². The number of alkyl halides is 1. The zero-order valence-corrected chi connectivity index (χ0v) is 14.0. The minimum Gasteiger partial charge on any atom is -0.335 e. The molecule has 112 valence electrons. The van der Waals surface area contributed by atoms with Gasteiger partial charge in [0.25, 0.3) is 5.91 Å². The Hall–Kier alpha value is -1.49. The van der Waals surface area contributed by atoms with Crippen molar-refractivity contribution in [1.29, 1.82) is 0 Å². The Bertz CT molecular complexity index is 608. The van der Waals surface area contributed by atoms with E-state index in [0.29, 0.717) is 17.6 Å². The van der Waals surface area contributed by atoms with Gasteiger partial charge in [0.2, 0.25) is 0 Å². The number of halogens is 1. The number of para-hydroxylation sites is 1. The first-order chi connectivity index (χ1) is 10.2. The van der Waals surface area contributed by atoms with Crippen molar-refractivity contribution in [3.63, 3.8) is 0 Å². The van der Waals surface area contributed by atoms with E-state index in [9.17, 15) is 4.79 Å². The van der Waals surface area contributed by atoms with Gasteiger partial charge < -0.3 is 4.90 Å². The molecule has 4 nitrogen and oxygen atoms in total. The molecule has 0 spiro atoms. The molecule has 2 aromatic rings. The molecule has 0 unspecified atom stereocenters. The van der Waals surface area contributed by atoms with Gasteiger partial charge in [-0.15, -0.1) is 0 Å². The van der Waals surface area contributed by atoms with Gasteiger partial charge >= 0.3 is 0 Å². The Morgan fingerprint density at radius 2 is 1.95 bits per heavy atom. The summed E-state index contributed by atoms with van der Waals surface area (Å²) in [7, 11) is 0. The molecule has 21 heavy (non-hydrogen) atoms. The number of amides is 1. The Labute approximate surface area is 133 Å². The van der Waals surface area contributed by atoms with E-state index in [-0.39, 0.29) is 11.9 Å². The van der Waals surface area contributed by atoms with Crippen LogP contribution in [0.4, 0.5) is 0 Å². The van der Waals surface area contributed by atoms with E-state index >= 15 is 0 Å². The Morgan fingerprint density at radius 1 is 1.24 bits per heavy atom. The molecule has 0 atom stereocenters. The lowest BCUT2D eigenvalue weighted by molar-refractivity contribution is 0.0684. The van der Waals surface area contributed by atoms with Crippen molar-refractivity contribution < 1.29 is 4.79 Å². The minimum absolute atomic E-state index is 0.0363. The minimum atomic E-state index is 0.0363. The summed E-state index contributed by atoms with van der Waals surface area (Å²) in [5.74, 6) is 0.0363. The fourth-order valence-corrected chi connectivity index (χ4v) is 2.97. The first-order valence-electron chi connectivity index (χ1n) is 7.29. The molecule has 1 aromatic carbocycles. The van der Waals surface area contributed by atoms with Gasteiger partial charge in [0.15, 0.2) is 0 Å². The van der Waals surface area contributed by atoms with E-state index in [2.05, 4.69) is 39.7 Å². The van der Waals surface area contributed by atoms with Gasteiger partial charge in [-0.2, -0.15) is 0 Å². The lowest BCUT2D eigenvalue weighted by Crippen LogP contribution is -2.41. The molecule has 0 saturated carbocycles. The van der Waals surface area contributed by atoms with Gasteiger partial charge in [-0.25, -0.2) is 0 Å². The molecule has 0 aliphatic heterocycles. The van der Waals surface area contributed by atoms with Gasteiger partial charge in [0.05, 0.1) is 11.1 Å². The molecule has 1 amide bonds. The number of aromatic nitrogens is 2. The van der Waals surface area contributed by atoms with Crippen LogP contribution in [0.3, 0.4) is 0 Å². The smallest absolute Gasteiger partial charge is 0.256 e. The Kier molecular flexibility index (Phi) is 5.67. The monoisotopic (exact) mass is 349 g/mol. The van der Waals surface area contributed by atoms with Crippen molar-refractivity contribution in [1.82, 2.24) is 14.9 Å². The van der Waals surface area contributed by atoms with Gasteiger partial charge in [0.1, 0.15) is 5.52 Å². The van der Waals surface area contributed by atoms with Crippen LogP contribution in [0.5, 0.6) is 0 Å². The highest BCUT2D eigenvalue weighted by molar-refractivity contribution is 9.09. The predicted octanol–water partition coefficient (Wildman–Crippen LogP) is 3.66. The highest BCUT2D eigenvalue weighted by atomic mass is 79.9. The van der Waals surface area contributed by atoms with E-state index in [1.807, 2.05) is 23.1 Å². The first kappa shape index (κ1) is 15.9. The lowest BCUT2D eigenvalue weighted by Gasteiger charge is -2.30. The highest BCUT2D eigenvalue weighted by Crippen LogP contribution is 2.19. The van der Waals surface area contributed by atoms with E-state index in [4.69, 9.17) is 0 Å². The van der Waals surface area contributed by atoms with Crippen molar-refractivity contribution in [2.24, 2.45) is 0 Å². The quantitative estimate of drug-likeness (QED) is 0.747. The van der Waals surface area contributed by atoms with Crippen molar-refractivity contribution in [2.45, 2.75) is 32.7 Å².